The number of nitrogens with one attached hydrogen (secondary N) is 1. The van der Waals surface area contributed by atoms with Crippen LogP contribution in [0.4, 0.5) is 0 Å². The fourth-order valence-corrected chi connectivity index (χ4v) is 1.67. The first-order valence-corrected chi connectivity index (χ1v) is 5.97. The van der Waals surface area contributed by atoms with Crippen molar-refractivity contribution < 1.29 is 5.11 Å². The highest BCUT2D eigenvalue weighted by molar-refractivity contribution is 5.05. The van der Waals surface area contributed by atoms with E-state index in [0.29, 0.717) is 0 Å². The number of aryl methyl sites for hydroxylation is 1. The van der Waals surface area contributed by atoms with Crippen LogP contribution in [0.25, 0.3) is 0 Å². The zero-order valence-corrected chi connectivity index (χ0v) is 10.7. The number of hydrogen-bond donors (Lipinski definition) is 2. The summed E-state index contributed by atoms with van der Waals surface area (Å²) in [6.07, 6.45) is 4.23. The first-order chi connectivity index (χ1) is 7.55. The summed E-state index contributed by atoms with van der Waals surface area (Å²) in [5.41, 5.74) is 1.37. The summed E-state index contributed by atoms with van der Waals surface area (Å²) in [6.45, 7) is 6.40. The highest BCUT2D eigenvalue weighted by Gasteiger charge is 2.15. The predicted octanol–water partition coefficient (Wildman–Crippen LogP) is 1.91. The van der Waals surface area contributed by atoms with Gasteiger partial charge in [0.2, 0.25) is 0 Å². The van der Waals surface area contributed by atoms with E-state index in [2.05, 4.69) is 49.1 Å². The summed E-state index contributed by atoms with van der Waals surface area (Å²) in [6, 6.07) is 4.19. The number of rotatable bonds is 7. The van der Waals surface area contributed by atoms with Gasteiger partial charge in [-0.1, -0.05) is 13.8 Å². The fraction of sp³-hybridized carbons (Fsp3) is 0.692. The Hall–Kier alpha value is -0.800. The summed E-state index contributed by atoms with van der Waals surface area (Å²) in [5, 5.41) is 12.5. The zero-order valence-electron chi connectivity index (χ0n) is 10.7. The van der Waals surface area contributed by atoms with Gasteiger partial charge in [0.1, 0.15) is 0 Å². The Bertz CT molecular complexity index is 305. The van der Waals surface area contributed by atoms with Gasteiger partial charge in [0.15, 0.2) is 0 Å². The van der Waals surface area contributed by atoms with E-state index >= 15 is 0 Å². The van der Waals surface area contributed by atoms with Crippen LogP contribution in [0, 0.1) is 5.41 Å². The minimum absolute atomic E-state index is 0.0622. The smallest absolute Gasteiger partial charge is 0.0482 e. The third-order valence-corrected chi connectivity index (χ3v) is 2.99. The average Bonchev–Trinajstić information content (AvgIpc) is 2.64. The van der Waals surface area contributed by atoms with E-state index in [1.807, 2.05) is 0 Å². The summed E-state index contributed by atoms with van der Waals surface area (Å²) in [5.74, 6) is 0. The number of nitrogens with zero attached hydrogens (tertiary/aromatic N) is 1. The van der Waals surface area contributed by atoms with E-state index in [1.165, 1.54) is 5.69 Å². The van der Waals surface area contributed by atoms with Gasteiger partial charge in [-0.15, -0.1) is 0 Å². The van der Waals surface area contributed by atoms with Crippen molar-refractivity contribution in [3.8, 4) is 0 Å². The Morgan fingerprint density at radius 2 is 2.19 bits per heavy atom. The molecule has 0 amide bonds. The number of hydrogen-bond acceptors (Lipinski definition) is 2. The SMILES string of the molecule is Cn1cccc1CNCCCC(C)(C)CO. The highest BCUT2D eigenvalue weighted by atomic mass is 16.3. The van der Waals surface area contributed by atoms with Crippen molar-refractivity contribution in [3.63, 3.8) is 0 Å². The Balaban J connectivity index is 2.11. The second-order valence-corrected chi connectivity index (χ2v) is 5.21. The number of aliphatic hydroxyl groups excluding tert-OH is 1. The summed E-state index contributed by atoms with van der Waals surface area (Å²) in [4.78, 5) is 0. The molecule has 1 heterocycles. The van der Waals surface area contributed by atoms with Gasteiger partial charge in [-0.2, -0.15) is 0 Å². The molecule has 92 valence electrons. The van der Waals surface area contributed by atoms with Crippen LogP contribution in [0.2, 0.25) is 0 Å². The maximum Gasteiger partial charge on any atom is 0.0482 e. The molecule has 0 aliphatic carbocycles. The monoisotopic (exact) mass is 224 g/mol. The summed E-state index contributed by atoms with van der Waals surface area (Å²) in [7, 11) is 2.06. The van der Waals surface area contributed by atoms with Crippen molar-refractivity contribution >= 4 is 0 Å². The van der Waals surface area contributed by atoms with E-state index in [0.717, 1.165) is 25.9 Å². The lowest BCUT2D eigenvalue weighted by atomic mass is 9.89. The molecule has 0 bridgehead atoms. The lowest BCUT2D eigenvalue weighted by Crippen LogP contribution is -2.21. The summed E-state index contributed by atoms with van der Waals surface area (Å²) < 4.78 is 2.13. The Morgan fingerprint density at radius 1 is 1.44 bits per heavy atom. The molecule has 0 atom stereocenters. The second kappa shape index (κ2) is 6.06. The molecular weight excluding hydrogens is 200 g/mol. The van der Waals surface area contributed by atoms with Gasteiger partial charge < -0.3 is 15.0 Å². The van der Waals surface area contributed by atoms with E-state index in [-0.39, 0.29) is 12.0 Å². The molecule has 1 rings (SSSR count). The van der Waals surface area contributed by atoms with Gasteiger partial charge in [-0.25, -0.2) is 0 Å². The van der Waals surface area contributed by atoms with Gasteiger partial charge in [0.05, 0.1) is 0 Å². The van der Waals surface area contributed by atoms with Crippen molar-refractivity contribution in [2.24, 2.45) is 12.5 Å². The van der Waals surface area contributed by atoms with Crippen LogP contribution in [0.15, 0.2) is 18.3 Å². The molecule has 3 nitrogen and oxygen atoms in total. The second-order valence-electron chi connectivity index (χ2n) is 5.21. The van der Waals surface area contributed by atoms with Crippen LogP contribution in [-0.4, -0.2) is 22.8 Å². The van der Waals surface area contributed by atoms with Crippen LogP contribution in [0.5, 0.6) is 0 Å². The van der Waals surface area contributed by atoms with Crippen LogP contribution in [0.1, 0.15) is 32.4 Å². The molecule has 0 unspecified atom stereocenters. The van der Waals surface area contributed by atoms with Gasteiger partial charge in [-0.3, -0.25) is 0 Å². The molecule has 2 N–H and O–H groups in total. The van der Waals surface area contributed by atoms with Gasteiger partial charge >= 0.3 is 0 Å². The number of aliphatic hydroxyl groups is 1. The van der Waals surface area contributed by atoms with Crippen molar-refractivity contribution in [1.29, 1.82) is 0 Å². The first-order valence-electron chi connectivity index (χ1n) is 5.97. The van der Waals surface area contributed by atoms with Crippen molar-refractivity contribution in [3.05, 3.63) is 24.0 Å². The molecule has 0 aromatic carbocycles. The normalized spacial score (nSPS) is 12.0. The molecule has 3 heteroatoms. The molecule has 0 saturated carbocycles. The predicted molar refractivity (Wildman–Crippen MR) is 67.2 cm³/mol. The molecule has 0 saturated heterocycles. The average molecular weight is 224 g/mol. The lowest BCUT2D eigenvalue weighted by Gasteiger charge is -2.21. The molecular formula is C13H24N2O. The van der Waals surface area contributed by atoms with E-state index in [9.17, 15) is 0 Å². The molecule has 0 aliphatic rings. The maximum absolute atomic E-state index is 9.11. The molecule has 0 aliphatic heterocycles. The van der Waals surface area contributed by atoms with Crippen LogP contribution < -0.4 is 5.32 Å². The minimum atomic E-state index is 0.0622. The molecule has 0 fully saturated rings. The Morgan fingerprint density at radius 3 is 2.75 bits per heavy atom. The lowest BCUT2D eigenvalue weighted by molar-refractivity contribution is 0.148. The first kappa shape index (κ1) is 13.3. The quantitative estimate of drug-likeness (QED) is 0.694. The Kier molecular flexibility index (Phi) is 5.03. The van der Waals surface area contributed by atoms with Crippen molar-refractivity contribution in [2.75, 3.05) is 13.2 Å². The van der Waals surface area contributed by atoms with E-state index < -0.39 is 0 Å². The molecule has 16 heavy (non-hydrogen) atoms. The third-order valence-electron chi connectivity index (χ3n) is 2.99. The third kappa shape index (κ3) is 4.37. The standard InChI is InChI=1S/C13H24N2O/c1-13(2,11-16)7-5-8-14-10-12-6-4-9-15(12)3/h4,6,9,14,16H,5,7-8,10-11H2,1-3H3. The van der Waals surface area contributed by atoms with Gasteiger partial charge in [0, 0.05) is 32.1 Å². The number of aromatic nitrogens is 1. The fourth-order valence-electron chi connectivity index (χ4n) is 1.67. The largest absolute Gasteiger partial charge is 0.396 e. The topological polar surface area (TPSA) is 37.2 Å². The Labute approximate surface area is 98.5 Å². The van der Waals surface area contributed by atoms with Gasteiger partial charge in [0.25, 0.3) is 0 Å². The van der Waals surface area contributed by atoms with Crippen LogP contribution in [-0.2, 0) is 13.6 Å². The van der Waals surface area contributed by atoms with E-state index in [1.54, 1.807) is 0 Å². The zero-order chi connectivity index (χ0) is 12.0. The highest BCUT2D eigenvalue weighted by Crippen LogP contribution is 2.20. The summed E-state index contributed by atoms with van der Waals surface area (Å²) >= 11 is 0. The minimum Gasteiger partial charge on any atom is -0.396 e. The molecule has 1 aromatic rings. The molecule has 0 spiro atoms. The maximum atomic E-state index is 9.11. The van der Waals surface area contributed by atoms with Crippen LogP contribution in [0.3, 0.4) is 0 Å². The van der Waals surface area contributed by atoms with Gasteiger partial charge in [-0.05, 0) is 36.9 Å². The van der Waals surface area contributed by atoms with Crippen molar-refractivity contribution in [2.45, 2.75) is 33.2 Å². The van der Waals surface area contributed by atoms with E-state index in [4.69, 9.17) is 5.11 Å². The van der Waals surface area contributed by atoms with Crippen molar-refractivity contribution in [1.82, 2.24) is 9.88 Å². The van der Waals surface area contributed by atoms with Crippen LogP contribution >= 0.6 is 0 Å². The molecule has 0 radical (unpaired) electrons. The molecule has 1 aromatic heterocycles.